The molecule has 0 saturated carbocycles. The first-order chi connectivity index (χ1) is 8.83. The summed E-state index contributed by atoms with van der Waals surface area (Å²) in [5.74, 6) is 0. The molecule has 0 aromatic carbocycles. The van der Waals surface area contributed by atoms with Gasteiger partial charge in [0.2, 0.25) is 0 Å². The largest absolute Gasteiger partial charge is 0.336 e. The predicted octanol–water partition coefficient (Wildman–Crippen LogP) is 3.16. The second-order valence-electron chi connectivity index (χ2n) is 4.63. The molecule has 96 valence electrons. The third-order valence-electron chi connectivity index (χ3n) is 3.23. The Kier molecular flexibility index (Phi) is 3.72. The van der Waals surface area contributed by atoms with Gasteiger partial charge in [-0.2, -0.15) is 0 Å². The highest BCUT2D eigenvalue weighted by Crippen LogP contribution is 2.43. The quantitative estimate of drug-likeness (QED) is 0.932. The number of fused-ring (bicyclic) bond motifs is 1. The first-order valence-corrected chi connectivity index (χ1v) is 8.02. The van der Waals surface area contributed by atoms with Crippen molar-refractivity contribution < 1.29 is 0 Å². The molecule has 0 spiro atoms. The zero-order valence-electron chi connectivity index (χ0n) is 10.4. The van der Waals surface area contributed by atoms with E-state index in [1.807, 2.05) is 41.8 Å². The molecule has 0 bridgehead atoms. The zero-order chi connectivity index (χ0) is 12.4. The summed E-state index contributed by atoms with van der Waals surface area (Å²) < 4.78 is 3.61. The van der Waals surface area contributed by atoms with Crippen molar-refractivity contribution in [1.82, 2.24) is 14.9 Å². The Balaban J connectivity index is 1.60. The number of nitrogens with one attached hydrogen (secondary N) is 1. The highest BCUT2D eigenvalue weighted by Gasteiger charge is 2.25. The topological polar surface area (TPSA) is 29.9 Å². The summed E-state index contributed by atoms with van der Waals surface area (Å²) in [5, 5.41) is 6.60. The van der Waals surface area contributed by atoms with Gasteiger partial charge in [-0.15, -0.1) is 23.1 Å². The first-order valence-electron chi connectivity index (χ1n) is 6.26. The van der Waals surface area contributed by atoms with E-state index in [1.54, 1.807) is 0 Å². The third kappa shape index (κ3) is 2.63. The lowest BCUT2D eigenvalue weighted by Gasteiger charge is -2.27. The zero-order valence-corrected chi connectivity index (χ0v) is 12.0. The number of thiophene rings is 1. The molecule has 3 rings (SSSR count). The van der Waals surface area contributed by atoms with Crippen molar-refractivity contribution in [2.24, 2.45) is 0 Å². The maximum absolute atomic E-state index is 4.06. The molecular weight excluding hydrogens is 262 g/mol. The van der Waals surface area contributed by atoms with Crippen LogP contribution in [0.15, 0.2) is 34.4 Å². The lowest BCUT2D eigenvalue weighted by Crippen LogP contribution is -2.29. The molecule has 0 aliphatic carbocycles. The van der Waals surface area contributed by atoms with E-state index in [0.717, 1.165) is 13.1 Å². The average Bonchev–Trinajstić information content (AvgIpc) is 2.98. The van der Waals surface area contributed by atoms with Crippen LogP contribution in [0.3, 0.4) is 0 Å². The fourth-order valence-electron chi connectivity index (χ4n) is 2.33. The number of hydrogen-bond donors (Lipinski definition) is 1. The minimum Gasteiger partial charge on any atom is -0.336 e. The Labute approximate surface area is 116 Å². The van der Waals surface area contributed by atoms with Crippen LogP contribution in [0.1, 0.15) is 24.9 Å². The summed E-state index contributed by atoms with van der Waals surface area (Å²) in [4.78, 5) is 4.06. The van der Waals surface area contributed by atoms with E-state index in [2.05, 4.69) is 33.2 Å². The van der Waals surface area contributed by atoms with Crippen LogP contribution in [-0.2, 0) is 6.54 Å². The number of thioether (sulfide) groups is 1. The van der Waals surface area contributed by atoms with Gasteiger partial charge >= 0.3 is 0 Å². The Bertz CT molecular complexity index is 492. The van der Waals surface area contributed by atoms with Crippen molar-refractivity contribution in [2.45, 2.75) is 35.4 Å². The van der Waals surface area contributed by atoms with Crippen LogP contribution in [0.2, 0.25) is 0 Å². The van der Waals surface area contributed by atoms with Gasteiger partial charge in [0.15, 0.2) is 0 Å². The molecule has 2 aromatic rings. The molecule has 0 fully saturated rings. The van der Waals surface area contributed by atoms with E-state index in [9.17, 15) is 0 Å². The predicted molar refractivity (Wildman–Crippen MR) is 77.2 cm³/mol. The molecule has 5 heteroatoms. The van der Waals surface area contributed by atoms with E-state index < -0.39 is 0 Å². The van der Waals surface area contributed by atoms with Gasteiger partial charge < -0.3 is 9.88 Å². The van der Waals surface area contributed by atoms with Crippen LogP contribution < -0.4 is 5.32 Å². The SMILES string of the molecule is C[C@H]1CC(NCCn2ccnc2)c2ccsc2S1. The van der Waals surface area contributed by atoms with Gasteiger partial charge in [0.25, 0.3) is 0 Å². The maximum Gasteiger partial charge on any atom is 0.0946 e. The molecule has 1 unspecified atom stereocenters. The number of rotatable bonds is 4. The van der Waals surface area contributed by atoms with E-state index in [4.69, 9.17) is 0 Å². The molecule has 0 amide bonds. The second-order valence-corrected chi connectivity index (χ2v) is 7.26. The average molecular weight is 279 g/mol. The van der Waals surface area contributed by atoms with E-state index >= 15 is 0 Å². The van der Waals surface area contributed by atoms with E-state index in [1.165, 1.54) is 16.2 Å². The molecule has 0 radical (unpaired) electrons. The Morgan fingerprint density at radius 1 is 1.56 bits per heavy atom. The molecule has 3 nitrogen and oxygen atoms in total. The second kappa shape index (κ2) is 5.47. The van der Waals surface area contributed by atoms with E-state index in [-0.39, 0.29) is 0 Å². The van der Waals surface area contributed by atoms with Crippen molar-refractivity contribution in [2.75, 3.05) is 6.54 Å². The first kappa shape index (κ1) is 12.3. The number of nitrogens with zero attached hydrogens (tertiary/aromatic N) is 2. The summed E-state index contributed by atoms with van der Waals surface area (Å²) >= 11 is 3.89. The Hall–Kier alpha value is -0.780. The van der Waals surface area contributed by atoms with Crippen molar-refractivity contribution >= 4 is 23.1 Å². The molecule has 18 heavy (non-hydrogen) atoms. The van der Waals surface area contributed by atoms with Gasteiger partial charge in [0.1, 0.15) is 0 Å². The molecule has 1 aliphatic heterocycles. The number of imidazole rings is 1. The molecule has 0 saturated heterocycles. The van der Waals surface area contributed by atoms with Crippen LogP contribution in [0.5, 0.6) is 0 Å². The highest BCUT2D eigenvalue weighted by atomic mass is 32.2. The molecule has 2 aromatic heterocycles. The Morgan fingerprint density at radius 2 is 2.50 bits per heavy atom. The molecule has 1 aliphatic rings. The molecule has 2 atom stereocenters. The highest BCUT2D eigenvalue weighted by molar-refractivity contribution is 8.01. The van der Waals surface area contributed by atoms with Gasteiger partial charge in [0, 0.05) is 36.8 Å². The van der Waals surface area contributed by atoms with E-state index in [0.29, 0.717) is 11.3 Å². The molecule has 3 heterocycles. The minimum absolute atomic E-state index is 0.519. The smallest absolute Gasteiger partial charge is 0.0946 e. The van der Waals surface area contributed by atoms with Crippen molar-refractivity contribution in [1.29, 1.82) is 0 Å². The Morgan fingerprint density at radius 3 is 3.33 bits per heavy atom. The van der Waals surface area contributed by atoms with Crippen molar-refractivity contribution in [3.05, 3.63) is 35.7 Å². The molecule has 1 N–H and O–H groups in total. The summed E-state index contributed by atoms with van der Waals surface area (Å²) in [5.41, 5.74) is 1.49. The van der Waals surface area contributed by atoms with Gasteiger partial charge in [-0.1, -0.05) is 6.92 Å². The number of hydrogen-bond acceptors (Lipinski definition) is 4. The van der Waals surface area contributed by atoms with Gasteiger partial charge in [-0.05, 0) is 23.4 Å². The maximum atomic E-state index is 4.06. The monoisotopic (exact) mass is 279 g/mol. The lowest BCUT2D eigenvalue weighted by atomic mass is 10.1. The van der Waals surface area contributed by atoms with Crippen LogP contribution >= 0.6 is 23.1 Å². The fourth-order valence-corrected chi connectivity index (χ4v) is 4.90. The van der Waals surface area contributed by atoms with Crippen LogP contribution in [0, 0.1) is 0 Å². The minimum atomic E-state index is 0.519. The van der Waals surface area contributed by atoms with Crippen LogP contribution in [-0.4, -0.2) is 21.3 Å². The van der Waals surface area contributed by atoms with Gasteiger partial charge in [-0.25, -0.2) is 4.98 Å². The van der Waals surface area contributed by atoms with Gasteiger partial charge in [0.05, 0.1) is 10.5 Å². The summed E-state index contributed by atoms with van der Waals surface area (Å²) in [7, 11) is 0. The summed E-state index contributed by atoms with van der Waals surface area (Å²) in [6, 6.07) is 2.79. The summed E-state index contributed by atoms with van der Waals surface area (Å²) in [6.07, 6.45) is 6.93. The normalized spacial score (nSPS) is 22.9. The van der Waals surface area contributed by atoms with Crippen LogP contribution in [0.4, 0.5) is 0 Å². The van der Waals surface area contributed by atoms with Crippen LogP contribution in [0.25, 0.3) is 0 Å². The molecular formula is C13H17N3S2. The number of aromatic nitrogens is 2. The summed E-state index contributed by atoms with van der Waals surface area (Å²) in [6.45, 7) is 4.29. The van der Waals surface area contributed by atoms with Crippen molar-refractivity contribution in [3.8, 4) is 0 Å². The lowest BCUT2D eigenvalue weighted by molar-refractivity contribution is 0.469. The van der Waals surface area contributed by atoms with Gasteiger partial charge in [-0.3, -0.25) is 0 Å². The standard InChI is InChI=1S/C13H17N3S2/c1-10-8-12(11-2-7-17-13(11)18-10)15-4-6-16-5-3-14-9-16/h2-3,5,7,9-10,12,15H,4,6,8H2,1H3/t10-,12?/m0/s1. The third-order valence-corrected chi connectivity index (χ3v) is 5.57. The van der Waals surface area contributed by atoms with Crippen molar-refractivity contribution in [3.63, 3.8) is 0 Å². The fraction of sp³-hybridized carbons (Fsp3) is 0.462.